The molecule has 2 aliphatic heterocycles. The lowest BCUT2D eigenvalue weighted by Gasteiger charge is -2.28. The average molecular weight is 240 g/mol. The first-order valence-corrected chi connectivity index (χ1v) is 6.34. The van der Waals surface area contributed by atoms with Gasteiger partial charge in [0.25, 0.3) is 0 Å². The monoisotopic (exact) mass is 240 g/mol. The molecular formula is C12H20N2O3. The third kappa shape index (κ3) is 2.04. The van der Waals surface area contributed by atoms with Gasteiger partial charge < -0.3 is 10.4 Å². The topological polar surface area (TPSA) is 69.6 Å². The smallest absolute Gasteiger partial charge is 0.308 e. The Balaban J connectivity index is 2.07. The van der Waals surface area contributed by atoms with Gasteiger partial charge in [-0.25, -0.2) is 0 Å². The zero-order chi connectivity index (χ0) is 12.6. The molecule has 0 aromatic heterocycles. The zero-order valence-electron chi connectivity index (χ0n) is 10.3. The van der Waals surface area contributed by atoms with Gasteiger partial charge >= 0.3 is 5.97 Å². The predicted molar refractivity (Wildman–Crippen MR) is 62.5 cm³/mol. The Morgan fingerprint density at radius 3 is 2.71 bits per heavy atom. The standard InChI is InChI=1S/C12H20N2O3/c1-3-13-11(15)7(2)14-8-4-5-10(14)9(6-8)12(16)17/h7-10H,3-6H2,1-2H3,(H,13,15)(H,16,17). The molecule has 2 fully saturated rings. The molecule has 17 heavy (non-hydrogen) atoms. The molecule has 0 radical (unpaired) electrons. The second kappa shape index (κ2) is 4.64. The van der Waals surface area contributed by atoms with E-state index in [0.29, 0.717) is 13.0 Å². The van der Waals surface area contributed by atoms with Gasteiger partial charge in [0.1, 0.15) is 0 Å². The minimum Gasteiger partial charge on any atom is -0.481 e. The Bertz CT molecular complexity index is 332. The van der Waals surface area contributed by atoms with Crippen LogP contribution < -0.4 is 5.32 Å². The highest BCUT2D eigenvalue weighted by atomic mass is 16.4. The molecule has 4 unspecified atom stereocenters. The Morgan fingerprint density at radius 1 is 1.47 bits per heavy atom. The molecule has 5 nitrogen and oxygen atoms in total. The van der Waals surface area contributed by atoms with Crippen molar-refractivity contribution in [1.29, 1.82) is 0 Å². The molecule has 0 aromatic carbocycles. The van der Waals surface area contributed by atoms with E-state index >= 15 is 0 Å². The molecule has 4 atom stereocenters. The van der Waals surface area contributed by atoms with E-state index in [4.69, 9.17) is 5.11 Å². The normalized spacial score (nSPS) is 33.6. The van der Waals surface area contributed by atoms with Gasteiger partial charge in [-0.05, 0) is 33.1 Å². The Morgan fingerprint density at radius 2 is 2.18 bits per heavy atom. The van der Waals surface area contributed by atoms with Crippen LogP contribution in [-0.2, 0) is 9.59 Å². The van der Waals surface area contributed by atoms with Gasteiger partial charge in [-0.2, -0.15) is 0 Å². The zero-order valence-corrected chi connectivity index (χ0v) is 10.3. The van der Waals surface area contributed by atoms with Crippen molar-refractivity contribution in [2.45, 2.75) is 51.2 Å². The number of likely N-dealkylation sites (N-methyl/N-ethyl adjacent to an activating group) is 1. The van der Waals surface area contributed by atoms with E-state index in [0.717, 1.165) is 12.8 Å². The molecule has 2 N–H and O–H groups in total. The lowest BCUT2D eigenvalue weighted by molar-refractivity contribution is -0.143. The molecule has 96 valence electrons. The van der Waals surface area contributed by atoms with Gasteiger partial charge in [-0.15, -0.1) is 0 Å². The molecule has 2 saturated heterocycles. The molecule has 2 heterocycles. The summed E-state index contributed by atoms with van der Waals surface area (Å²) in [5, 5.41) is 12.0. The van der Waals surface area contributed by atoms with Gasteiger partial charge in [0.05, 0.1) is 12.0 Å². The number of hydrogen-bond acceptors (Lipinski definition) is 3. The lowest BCUT2D eigenvalue weighted by Crippen LogP contribution is -2.48. The van der Waals surface area contributed by atoms with E-state index in [9.17, 15) is 9.59 Å². The number of fused-ring (bicyclic) bond motifs is 2. The number of amides is 1. The largest absolute Gasteiger partial charge is 0.481 e. The highest BCUT2D eigenvalue weighted by molar-refractivity contribution is 5.81. The van der Waals surface area contributed by atoms with Gasteiger partial charge in [0, 0.05) is 18.6 Å². The molecule has 1 amide bonds. The first-order valence-electron chi connectivity index (χ1n) is 6.34. The van der Waals surface area contributed by atoms with E-state index in [2.05, 4.69) is 10.2 Å². The molecule has 2 bridgehead atoms. The number of hydrogen-bond donors (Lipinski definition) is 2. The van der Waals surface area contributed by atoms with E-state index in [1.165, 1.54) is 0 Å². The maximum atomic E-state index is 11.8. The van der Waals surface area contributed by atoms with Gasteiger partial charge in [-0.3, -0.25) is 14.5 Å². The number of carbonyl (C=O) groups excluding carboxylic acids is 1. The van der Waals surface area contributed by atoms with Crippen LogP contribution in [0.15, 0.2) is 0 Å². The fourth-order valence-corrected chi connectivity index (χ4v) is 3.36. The summed E-state index contributed by atoms with van der Waals surface area (Å²) in [5.41, 5.74) is 0. The van der Waals surface area contributed by atoms with Crippen LogP contribution in [0.1, 0.15) is 33.1 Å². The van der Waals surface area contributed by atoms with Crippen molar-refractivity contribution in [3.8, 4) is 0 Å². The summed E-state index contributed by atoms with van der Waals surface area (Å²) < 4.78 is 0. The molecule has 2 aliphatic rings. The molecule has 0 saturated carbocycles. The van der Waals surface area contributed by atoms with Gasteiger partial charge in [-0.1, -0.05) is 0 Å². The van der Waals surface area contributed by atoms with Crippen LogP contribution in [0.3, 0.4) is 0 Å². The van der Waals surface area contributed by atoms with Crippen LogP contribution in [-0.4, -0.2) is 46.6 Å². The van der Waals surface area contributed by atoms with Crippen molar-refractivity contribution in [3.05, 3.63) is 0 Å². The minimum absolute atomic E-state index is 0.00967. The van der Waals surface area contributed by atoms with Gasteiger partial charge in [0.2, 0.25) is 5.91 Å². The third-order valence-electron chi connectivity index (χ3n) is 4.09. The number of rotatable bonds is 4. The van der Waals surface area contributed by atoms with Crippen molar-refractivity contribution in [3.63, 3.8) is 0 Å². The SMILES string of the molecule is CCNC(=O)C(C)N1C2CCC1C(C(=O)O)C2. The fraction of sp³-hybridized carbons (Fsp3) is 0.833. The predicted octanol–water partition coefficient (Wildman–Crippen LogP) is 0.449. The first kappa shape index (κ1) is 12.4. The number of nitrogens with one attached hydrogen (secondary N) is 1. The average Bonchev–Trinajstić information content (AvgIpc) is 2.85. The molecule has 0 aromatic rings. The van der Waals surface area contributed by atoms with Crippen LogP contribution in [0.4, 0.5) is 0 Å². The molecule has 2 rings (SSSR count). The van der Waals surface area contributed by atoms with Crippen LogP contribution in [0.2, 0.25) is 0 Å². The van der Waals surface area contributed by atoms with Crippen LogP contribution in [0.5, 0.6) is 0 Å². The van der Waals surface area contributed by atoms with Crippen molar-refractivity contribution < 1.29 is 14.7 Å². The minimum atomic E-state index is -0.717. The summed E-state index contributed by atoms with van der Waals surface area (Å²) in [6.45, 7) is 4.39. The van der Waals surface area contributed by atoms with E-state index < -0.39 is 5.97 Å². The molecule has 0 spiro atoms. The molecule has 0 aliphatic carbocycles. The lowest BCUT2D eigenvalue weighted by atomic mass is 9.89. The molecule has 5 heteroatoms. The van der Waals surface area contributed by atoms with Crippen molar-refractivity contribution in [1.82, 2.24) is 10.2 Å². The van der Waals surface area contributed by atoms with E-state index in [1.807, 2.05) is 13.8 Å². The summed E-state index contributed by atoms with van der Waals surface area (Å²) in [6.07, 6.45) is 2.63. The van der Waals surface area contributed by atoms with Crippen molar-refractivity contribution >= 4 is 11.9 Å². The number of nitrogens with zero attached hydrogens (tertiary/aromatic N) is 1. The Kier molecular flexibility index (Phi) is 3.38. The van der Waals surface area contributed by atoms with Crippen LogP contribution in [0, 0.1) is 5.92 Å². The Labute approximate surface area is 101 Å². The molecular weight excluding hydrogens is 220 g/mol. The maximum absolute atomic E-state index is 11.8. The number of carboxylic acid groups (broad SMARTS) is 1. The highest BCUT2D eigenvalue weighted by Gasteiger charge is 2.51. The van der Waals surface area contributed by atoms with Crippen LogP contribution >= 0.6 is 0 Å². The number of carbonyl (C=O) groups is 2. The van der Waals surface area contributed by atoms with Gasteiger partial charge in [0.15, 0.2) is 0 Å². The summed E-state index contributed by atoms with van der Waals surface area (Å²) >= 11 is 0. The maximum Gasteiger partial charge on any atom is 0.308 e. The van der Waals surface area contributed by atoms with E-state index in [-0.39, 0.29) is 30.0 Å². The first-order chi connectivity index (χ1) is 8.06. The summed E-state index contributed by atoms with van der Waals surface area (Å²) in [5.74, 6) is -0.994. The fourth-order valence-electron chi connectivity index (χ4n) is 3.36. The van der Waals surface area contributed by atoms with Crippen molar-refractivity contribution in [2.75, 3.05) is 6.54 Å². The quantitative estimate of drug-likeness (QED) is 0.748. The van der Waals surface area contributed by atoms with E-state index in [1.54, 1.807) is 0 Å². The third-order valence-corrected chi connectivity index (χ3v) is 4.09. The summed E-state index contributed by atoms with van der Waals surface area (Å²) in [6, 6.07) is 0.116. The number of aliphatic carboxylic acids is 1. The second-order valence-electron chi connectivity index (χ2n) is 5.00. The highest BCUT2D eigenvalue weighted by Crippen LogP contribution is 2.42. The number of carboxylic acids is 1. The summed E-state index contributed by atoms with van der Waals surface area (Å²) in [7, 11) is 0. The second-order valence-corrected chi connectivity index (χ2v) is 5.00. The Hall–Kier alpha value is -1.10. The van der Waals surface area contributed by atoms with Crippen LogP contribution in [0.25, 0.3) is 0 Å². The summed E-state index contributed by atoms with van der Waals surface area (Å²) in [4.78, 5) is 25.1. The van der Waals surface area contributed by atoms with Crippen molar-refractivity contribution in [2.24, 2.45) is 5.92 Å².